The van der Waals surface area contributed by atoms with Crippen LogP contribution < -0.4 is 20.7 Å². The second-order valence-electron chi connectivity index (χ2n) is 11.0. The molecule has 0 saturated carbocycles. The number of benzene rings is 3. The van der Waals surface area contributed by atoms with Gasteiger partial charge in [0.05, 0.1) is 25.3 Å². The number of carbonyl (C=O) groups is 2. The molecule has 4 aromatic rings. The minimum absolute atomic E-state index is 0.0213. The molecule has 3 aromatic carbocycles. The summed E-state index contributed by atoms with van der Waals surface area (Å²) in [5, 5.41) is 20.8. The van der Waals surface area contributed by atoms with Gasteiger partial charge in [0.15, 0.2) is 0 Å². The van der Waals surface area contributed by atoms with Crippen molar-refractivity contribution < 1.29 is 19.4 Å². The van der Waals surface area contributed by atoms with Crippen molar-refractivity contribution >= 4 is 23.2 Å². The van der Waals surface area contributed by atoms with E-state index in [0.29, 0.717) is 17.5 Å². The molecule has 4 atom stereocenters. The van der Waals surface area contributed by atoms with Crippen LogP contribution in [-0.4, -0.2) is 42.7 Å². The molecule has 1 aromatic heterocycles. The largest absolute Gasteiger partial charge is 0.497 e. The summed E-state index contributed by atoms with van der Waals surface area (Å²) in [7, 11) is 1.63. The molecular formula is C35H41N3O4S. The zero-order valence-electron chi connectivity index (χ0n) is 25.4. The van der Waals surface area contributed by atoms with Crippen LogP contribution in [0.15, 0.2) is 84.9 Å². The van der Waals surface area contributed by atoms with Gasteiger partial charge in [-0.2, -0.15) is 0 Å². The van der Waals surface area contributed by atoms with Gasteiger partial charge < -0.3 is 25.8 Å². The highest BCUT2D eigenvalue weighted by Crippen LogP contribution is 2.23. The quantitative estimate of drug-likeness (QED) is 0.153. The molecule has 1 heterocycles. The van der Waals surface area contributed by atoms with Crippen LogP contribution in [0.5, 0.6) is 5.75 Å². The van der Waals surface area contributed by atoms with Gasteiger partial charge in [-0.15, -0.1) is 11.3 Å². The summed E-state index contributed by atoms with van der Waals surface area (Å²) >= 11 is 1.65. The van der Waals surface area contributed by atoms with Crippen molar-refractivity contribution in [2.75, 3.05) is 13.7 Å². The van der Waals surface area contributed by atoms with Gasteiger partial charge in [0.2, 0.25) is 0 Å². The van der Waals surface area contributed by atoms with E-state index in [-0.39, 0.29) is 30.4 Å². The maximum Gasteiger partial charge on any atom is 0.251 e. The van der Waals surface area contributed by atoms with Crippen LogP contribution in [0.2, 0.25) is 0 Å². The Kier molecular flexibility index (Phi) is 11.1. The second kappa shape index (κ2) is 15.0. The molecule has 4 N–H and O–H groups in total. The van der Waals surface area contributed by atoms with Crippen LogP contribution in [0.25, 0.3) is 0 Å². The molecule has 43 heavy (non-hydrogen) atoms. The number of aliphatic hydroxyl groups is 1. The molecule has 1 unspecified atom stereocenters. The van der Waals surface area contributed by atoms with Crippen LogP contribution in [0.3, 0.4) is 0 Å². The Bertz CT molecular complexity index is 1500. The van der Waals surface area contributed by atoms with E-state index < -0.39 is 12.1 Å². The Balaban J connectivity index is 1.46. The van der Waals surface area contributed by atoms with Crippen molar-refractivity contribution in [3.8, 4) is 5.75 Å². The van der Waals surface area contributed by atoms with Crippen LogP contribution in [0.1, 0.15) is 73.1 Å². The van der Waals surface area contributed by atoms with Crippen molar-refractivity contribution in [2.24, 2.45) is 0 Å². The Hall–Kier alpha value is -3.98. The number of carbonyl (C=O) groups excluding carboxylic acids is 2. The maximum atomic E-state index is 13.6. The van der Waals surface area contributed by atoms with Gasteiger partial charge in [-0.3, -0.25) is 9.59 Å². The minimum atomic E-state index is -0.868. The molecule has 0 spiro atoms. The van der Waals surface area contributed by atoms with Crippen molar-refractivity contribution in [3.63, 3.8) is 0 Å². The fraction of sp³-hybridized carbons (Fsp3) is 0.314. The third-order valence-corrected chi connectivity index (χ3v) is 8.65. The van der Waals surface area contributed by atoms with E-state index in [1.54, 1.807) is 36.6 Å². The number of aryl methyl sites for hydroxylation is 2. The highest BCUT2D eigenvalue weighted by atomic mass is 32.1. The van der Waals surface area contributed by atoms with Crippen molar-refractivity contribution in [3.05, 3.63) is 123 Å². The Morgan fingerprint density at radius 3 is 2.09 bits per heavy atom. The lowest BCUT2D eigenvalue weighted by atomic mass is 9.99. The van der Waals surface area contributed by atoms with E-state index in [9.17, 15) is 14.7 Å². The van der Waals surface area contributed by atoms with Crippen LogP contribution in [0.4, 0.5) is 0 Å². The molecule has 0 aliphatic heterocycles. The summed E-state index contributed by atoms with van der Waals surface area (Å²) in [6, 6.07) is 26.0. The first-order valence-electron chi connectivity index (χ1n) is 14.5. The fourth-order valence-corrected chi connectivity index (χ4v) is 5.82. The lowest BCUT2D eigenvalue weighted by molar-refractivity contribution is 0.0825. The summed E-state index contributed by atoms with van der Waals surface area (Å²) < 4.78 is 5.25. The number of ether oxygens (including phenoxy) is 1. The average molecular weight is 600 g/mol. The third-order valence-electron chi connectivity index (χ3n) is 7.47. The van der Waals surface area contributed by atoms with Crippen molar-refractivity contribution in [1.82, 2.24) is 16.0 Å². The maximum absolute atomic E-state index is 13.6. The first-order chi connectivity index (χ1) is 20.6. The Morgan fingerprint density at radius 1 is 0.837 bits per heavy atom. The van der Waals surface area contributed by atoms with Gasteiger partial charge in [-0.1, -0.05) is 42.5 Å². The molecule has 4 rings (SSSR count). The van der Waals surface area contributed by atoms with E-state index in [0.717, 1.165) is 27.3 Å². The van der Waals surface area contributed by atoms with Crippen LogP contribution in [-0.2, 0) is 6.42 Å². The molecule has 0 aliphatic rings. The smallest absolute Gasteiger partial charge is 0.251 e. The van der Waals surface area contributed by atoms with E-state index in [1.807, 2.05) is 94.4 Å². The van der Waals surface area contributed by atoms with E-state index >= 15 is 0 Å². The van der Waals surface area contributed by atoms with Gasteiger partial charge in [-0.05, 0) is 93.3 Å². The molecule has 7 nitrogen and oxygen atoms in total. The van der Waals surface area contributed by atoms with Crippen LogP contribution >= 0.6 is 11.3 Å². The second-order valence-corrected chi connectivity index (χ2v) is 12.3. The normalized spacial score (nSPS) is 13.9. The van der Waals surface area contributed by atoms with E-state index in [2.05, 4.69) is 16.0 Å². The average Bonchev–Trinajstić information content (AvgIpc) is 3.45. The Morgan fingerprint density at radius 2 is 1.49 bits per heavy atom. The van der Waals surface area contributed by atoms with E-state index in [1.165, 1.54) is 4.88 Å². The monoisotopic (exact) mass is 599 g/mol. The van der Waals surface area contributed by atoms with Gasteiger partial charge in [0.25, 0.3) is 11.8 Å². The predicted octanol–water partition coefficient (Wildman–Crippen LogP) is 5.92. The number of hydrogen-bond acceptors (Lipinski definition) is 6. The molecule has 0 radical (unpaired) electrons. The lowest BCUT2D eigenvalue weighted by Crippen LogP contribution is -2.49. The van der Waals surface area contributed by atoms with Crippen molar-refractivity contribution in [2.45, 2.75) is 58.3 Å². The summed E-state index contributed by atoms with van der Waals surface area (Å²) in [5.41, 5.74) is 3.64. The summed E-state index contributed by atoms with van der Waals surface area (Å²) in [5.74, 6) is 0.197. The molecule has 226 valence electrons. The number of amides is 2. The van der Waals surface area contributed by atoms with Gasteiger partial charge in [-0.25, -0.2) is 0 Å². The number of hydrogen-bond donors (Lipinski definition) is 4. The summed E-state index contributed by atoms with van der Waals surface area (Å²) in [4.78, 5) is 29.0. The minimum Gasteiger partial charge on any atom is -0.497 e. The number of aliphatic hydroxyl groups excluding tert-OH is 1. The molecular weight excluding hydrogens is 558 g/mol. The van der Waals surface area contributed by atoms with Gasteiger partial charge >= 0.3 is 0 Å². The molecule has 2 amide bonds. The highest BCUT2D eigenvalue weighted by molar-refractivity contribution is 7.12. The van der Waals surface area contributed by atoms with Crippen molar-refractivity contribution in [1.29, 1.82) is 0 Å². The first-order valence-corrected chi connectivity index (χ1v) is 15.3. The number of rotatable bonds is 13. The van der Waals surface area contributed by atoms with Gasteiger partial charge in [0.1, 0.15) is 5.75 Å². The lowest BCUT2D eigenvalue weighted by Gasteiger charge is -2.26. The number of methoxy groups -OCH3 is 1. The van der Waals surface area contributed by atoms with Crippen LogP contribution in [0, 0.1) is 13.8 Å². The topological polar surface area (TPSA) is 99.7 Å². The molecule has 8 heteroatoms. The third kappa shape index (κ3) is 9.00. The Labute approximate surface area is 258 Å². The van der Waals surface area contributed by atoms with Gasteiger partial charge in [0, 0.05) is 33.5 Å². The SMILES string of the molecule is COc1ccc([C@@H](C)NC[C@@H](O)[C@H](Cc2ccccc2)NC(=O)c2cc(C)cc(C(=O)NC(C)c3ccc(C)s3)c2)cc1. The zero-order chi connectivity index (χ0) is 30.9. The standard InChI is InChI=1S/C35H41N3O4S/c1-22-17-28(34(40)37-25(4)33-16-11-23(2)43-33)20-29(18-22)35(41)38-31(19-26-9-7-6-8-10-26)32(39)21-36-24(3)27-12-14-30(42-5)15-13-27/h6-18,20,24-25,31-32,36,39H,19,21H2,1-5H3,(H,37,40)(H,38,41)/t24-,25?,31+,32-/m1/s1. The summed E-state index contributed by atoms with van der Waals surface area (Å²) in [6.45, 7) is 8.14. The highest BCUT2D eigenvalue weighted by Gasteiger charge is 2.24. The number of thiophene rings is 1. The summed E-state index contributed by atoms with van der Waals surface area (Å²) in [6.07, 6.45) is -0.420. The first kappa shape index (κ1) is 31.9. The fourth-order valence-electron chi connectivity index (χ4n) is 4.94. The molecule has 0 aliphatic carbocycles. The molecule has 0 saturated heterocycles. The molecule has 0 fully saturated rings. The predicted molar refractivity (Wildman–Crippen MR) is 173 cm³/mol. The van der Waals surface area contributed by atoms with E-state index in [4.69, 9.17) is 4.74 Å². The molecule has 0 bridgehead atoms. The zero-order valence-corrected chi connectivity index (χ0v) is 26.2. The number of nitrogens with one attached hydrogen (secondary N) is 3.